The second kappa shape index (κ2) is 3.65. The maximum absolute atomic E-state index is 12.1. The highest BCUT2D eigenvalue weighted by Gasteiger charge is 2.58. The molecular formula is C10H8F3NO3. The lowest BCUT2D eigenvalue weighted by Gasteiger charge is -2.19. The third-order valence-corrected chi connectivity index (χ3v) is 3.07. The van der Waals surface area contributed by atoms with Gasteiger partial charge in [0.2, 0.25) is 0 Å². The lowest BCUT2D eigenvalue weighted by Crippen LogP contribution is -2.41. The Labute approximate surface area is 94.4 Å². The minimum Gasteiger partial charge on any atom is -0.472 e. The maximum atomic E-state index is 12.1. The number of aliphatic carboxylic acids is 1. The van der Waals surface area contributed by atoms with Crippen LogP contribution >= 0.6 is 0 Å². The Morgan fingerprint density at radius 2 is 1.76 bits per heavy atom. The normalized spacial score (nSPS) is 30.3. The molecule has 0 aromatic carbocycles. The van der Waals surface area contributed by atoms with Gasteiger partial charge in [-0.3, -0.25) is 4.79 Å². The number of fused-ring (bicyclic) bond motifs is 1. The quantitative estimate of drug-likeness (QED) is 0.628. The van der Waals surface area contributed by atoms with E-state index in [1.165, 1.54) is 0 Å². The number of alkyl halides is 3. The summed E-state index contributed by atoms with van der Waals surface area (Å²) in [5, 5.41) is 8.31. The van der Waals surface area contributed by atoms with Gasteiger partial charge in [0.25, 0.3) is 0 Å². The van der Waals surface area contributed by atoms with E-state index in [1.807, 2.05) is 5.92 Å². The highest BCUT2D eigenvalue weighted by molar-refractivity contribution is 5.86. The summed E-state index contributed by atoms with van der Waals surface area (Å²) >= 11 is 0. The summed E-state index contributed by atoms with van der Waals surface area (Å²) in [7, 11) is 0. The number of carbonyl (C=O) groups excluding carboxylic acids is 1. The molecule has 1 aliphatic heterocycles. The molecule has 92 valence electrons. The summed E-state index contributed by atoms with van der Waals surface area (Å²) in [5.41, 5.74) is 0. The van der Waals surface area contributed by atoms with Gasteiger partial charge in [-0.05, 0) is 11.8 Å². The molecule has 1 aliphatic carbocycles. The summed E-state index contributed by atoms with van der Waals surface area (Å²) in [6.07, 6.45) is -4.83. The van der Waals surface area contributed by atoms with Crippen LogP contribution in [0.5, 0.6) is 0 Å². The van der Waals surface area contributed by atoms with E-state index in [0.29, 0.717) is 0 Å². The molecule has 1 N–H and O–H groups in total. The van der Waals surface area contributed by atoms with E-state index < -0.39 is 18.1 Å². The van der Waals surface area contributed by atoms with E-state index in [-0.39, 0.29) is 30.8 Å². The van der Waals surface area contributed by atoms with Crippen LogP contribution in [0.4, 0.5) is 13.2 Å². The zero-order valence-corrected chi connectivity index (χ0v) is 8.49. The molecule has 2 fully saturated rings. The first-order valence-electron chi connectivity index (χ1n) is 4.91. The molecule has 2 rings (SSSR count). The van der Waals surface area contributed by atoms with Gasteiger partial charge in [-0.15, -0.1) is 0 Å². The van der Waals surface area contributed by atoms with Gasteiger partial charge in [-0.25, -0.2) is 4.79 Å². The zero-order valence-electron chi connectivity index (χ0n) is 8.49. The summed E-state index contributed by atoms with van der Waals surface area (Å²) in [6, 6.07) is 0. The Kier molecular flexibility index (Phi) is 2.53. The van der Waals surface area contributed by atoms with Crippen LogP contribution in [0.15, 0.2) is 0 Å². The predicted molar refractivity (Wildman–Crippen MR) is 48.5 cm³/mol. The number of hydrogen-bond acceptors (Lipinski definition) is 2. The SMILES string of the molecule is O=C(O)C#CC1[C@H]2CN(C(=O)C(F)(F)F)C[C@@H]12. The fourth-order valence-corrected chi connectivity index (χ4v) is 2.23. The maximum Gasteiger partial charge on any atom is 0.471 e. The molecule has 2 aliphatic rings. The number of hydrogen-bond donors (Lipinski definition) is 1. The lowest BCUT2D eigenvalue weighted by atomic mass is 10.2. The number of carboxylic acid groups (broad SMARTS) is 1. The highest BCUT2D eigenvalue weighted by Crippen LogP contribution is 2.51. The van der Waals surface area contributed by atoms with Crippen LogP contribution in [0.3, 0.4) is 0 Å². The minimum absolute atomic E-state index is 0.0158. The van der Waals surface area contributed by atoms with Gasteiger partial charge in [0.15, 0.2) is 0 Å². The second-order valence-electron chi connectivity index (χ2n) is 4.14. The number of halogens is 3. The van der Waals surface area contributed by atoms with Crippen LogP contribution in [-0.2, 0) is 9.59 Å². The Morgan fingerprint density at radius 1 is 1.24 bits per heavy atom. The Hall–Kier alpha value is -1.71. The summed E-state index contributed by atoms with van der Waals surface area (Å²) in [6.45, 7) is 0.0317. The molecule has 0 aromatic heterocycles. The molecule has 4 nitrogen and oxygen atoms in total. The van der Waals surface area contributed by atoms with Gasteiger partial charge in [-0.1, -0.05) is 5.92 Å². The molecule has 0 bridgehead atoms. The topological polar surface area (TPSA) is 57.6 Å². The van der Waals surface area contributed by atoms with Crippen LogP contribution < -0.4 is 0 Å². The molecule has 7 heteroatoms. The summed E-state index contributed by atoms with van der Waals surface area (Å²) < 4.78 is 36.3. The number of carbonyl (C=O) groups is 2. The van der Waals surface area contributed by atoms with Crippen LogP contribution in [0.1, 0.15) is 0 Å². The minimum atomic E-state index is -4.83. The van der Waals surface area contributed by atoms with Crippen molar-refractivity contribution in [1.82, 2.24) is 4.90 Å². The fraction of sp³-hybridized carbons (Fsp3) is 0.600. The number of carboxylic acids is 1. The zero-order chi connectivity index (χ0) is 12.8. The van der Waals surface area contributed by atoms with Gasteiger partial charge in [-0.2, -0.15) is 13.2 Å². The van der Waals surface area contributed by atoms with Crippen molar-refractivity contribution in [3.05, 3.63) is 0 Å². The fourth-order valence-electron chi connectivity index (χ4n) is 2.23. The van der Waals surface area contributed by atoms with Crippen molar-refractivity contribution in [2.24, 2.45) is 17.8 Å². The van der Waals surface area contributed by atoms with Crippen molar-refractivity contribution in [1.29, 1.82) is 0 Å². The molecule has 17 heavy (non-hydrogen) atoms. The Morgan fingerprint density at radius 3 is 2.18 bits per heavy atom. The number of piperidine rings is 1. The molecular weight excluding hydrogens is 239 g/mol. The molecule has 1 saturated carbocycles. The predicted octanol–water partition coefficient (Wildman–Crippen LogP) is 0.341. The van der Waals surface area contributed by atoms with Crippen molar-refractivity contribution < 1.29 is 27.9 Å². The molecule has 0 radical (unpaired) electrons. The van der Waals surface area contributed by atoms with Crippen molar-refractivity contribution in [3.8, 4) is 11.8 Å². The van der Waals surface area contributed by atoms with Gasteiger partial charge >= 0.3 is 18.1 Å². The van der Waals surface area contributed by atoms with Crippen LogP contribution in [0.25, 0.3) is 0 Å². The first kappa shape index (κ1) is 11.8. The summed E-state index contributed by atoms with van der Waals surface area (Å²) in [5.74, 6) is 0.978. The molecule has 1 amide bonds. The number of amides is 1. The number of likely N-dealkylation sites (tertiary alicyclic amines) is 1. The van der Waals surface area contributed by atoms with Crippen LogP contribution in [-0.4, -0.2) is 41.1 Å². The molecule has 0 aromatic rings. The molecule has 0 spiro atoms. The third-order valence-electron chi connectivity index (χ3n) is 3.07. The molecule has 1 unspecified atom stereocenters. The molecule has 1 heterocycles. The number of nitrogens with zero attached hydrogens (tertiary/aromatic N) is 1. The van der Waals surface area contributed by atoms with Crippen molar-refractivity contribution in [2.75, 3.05) is 13.1 Å². The average molecular weight is 247 g/mol. The second-order valence-corrected chi connectivity index (χ2v) is 4.14. The molecule has 1 saturated heterocycles. The van der Waals surface area contributed by atoms with E-state index in [1.54, 1.807) is 0 Å². The van der Waals surface area contributed by atoms with Gasteiger partial charge in [0.05, 0.1) is 0 Å². The number of rotatable bonds is 0. The smallest absolute Gasteiger partial charge is 0.471 e. The van der Waals surface area contributed by atoms with Crippen molar-refractivity contribution in [3.63, 3.8) is 0 Å². The van der Waals surface area contributed by atoms with E-state index in [4.69, 9.17) is 5.11 Å². The van der Waals surface area contributed by atoms with Crippen molar-refractivity contribution in [2.45, 2.75) is 6.18 Å². The summed E-state index contributed by atoms with van der Waals surface area (Å²) in [4.78, 5) is 21.8. The Balaban J connectivity index is 1.90. The first-order chi connectivity index (χ1) is 7.80. The molecule has 3 atom stereocenters. The monoisotopic (exact) mass is 247 g/mol. The van der Waals surface area contributed by atoms with Crippen molar-refractivity contribution >= 4 is 11.9 Å². The lowest BCUT2D eigenvalue weighted by molar-refractivity contribution is -0.184. The standard InChI is InChI=1S/C10H8F3NO3/c11-10(12,13)9(17)14-3-6-5(7(6)4-14)1-2-8(15)16/h5-7H,3-4H2,(H,15,16)/t5?,6-,7+. The van der Waals surface area contributed by atoms with E-state index in [9.17, 15) is 22.8 Å². The van der Waals surface area contributed by atoms with Gasteiger partial charge < -0.3 is 10.0 Å². The van der Waals surface area contributed by atoms with E-state index in [2.05, 4.69) is 5.92 Å². The van der Waals surface area contributed by atoms with E-state index in [0.717, 1.165) is 4.90 Å². The highest BCUT2D eigenvalue weighted by atomic mass is 19.4. The third kappa shape index (κ3) is 2.20. The van der Waals surface area contributed by atoms with Crippen LogP contribution in [0.2, 0.25) is 0 Å². The largest absolute Gasteiger partial charge is 0.472 e. The average Bonchev–Trinajstić information content (AvgIpc) is 2.66. The Bertz CT molecular complexity index is 422. The van der Waals surface area contributed by atoms with Crippen LogP contribution in [0, 0.1) is 29.6 Å². The van der Waals surface area contributed by atoms with E-state index >= 15 is 0 Å². The van der Waals surface area contributed by atoms with Gasteiger partial charge in [0, 0.05) is 24.9 Å². The van der Waals surface area contributed by atoms with Gasteiger partial charge in [0.1, 0.15) is 0 Å². The first-order valence-corrected chi connectivity index (χ1v) is 4.91.